The van der Waals surface area contributed by atoms with Crippen LogP contribution in [0.1, 0.15) is 44.7 Å². The summed E-state index contributed by atoms with van der Waals surface area (Å²) in [7, 11) is 0. The second kappa shape index (κ2) is 5.65. The van der Waals surface area contributed by atoms with Gasteiger partial charge in [-0.1, -0.05) is 37.3 Å². The van der Waals surface area contributed by atoms with Crippen molar-refractivity contribution in [1.29, 1.82) is 0 Å². The Kier molecular flexibility index (Phi) is 4.19. The van der Waals surface area contributed by atoms with Gasteiger partial charge in [0.1, 0.15) is 0 Å². The predicted molar refractivity (Wildman–Crippen MR) is 71.1 cm³/mol. The molecule has 1 fully saturated rings. The van der Waals surface area contributed by atoms with Crippen molar-refractivity contribution >= 4 is 0 Å². The summed E-state index contributed by atoms with van der Waals surface area (Å²) in [6.45, 7) is 6.37. The summed E-state index contributed by atoms with van der Waals surface area (Å²) < 4.78 is 5.99. The molecule has 1 aromatic carbocycles. The Labute approximate surface area is 104 Å². The second-order valence-electron chi connectivity index (χ2n) is 5.06. The van der Waals surface area contributed by atoms with Gasteiger partial charge in [0.05, 0.1) is 11.6 Å². The van der Waals surface area contributed by atoms with Crippen molar-refractivity contribution in [3.05, 3.63) is 35.9 Å². The molecule has 1 aliphatic heterocycles. The normalized spacial score (nSPS) is 26.0. The first-order chi connectivity index (χ1) is 8.26. The SMILES string of the molecule is CCCNC(c1ccccc1)C1(C)CCCO1. The van der Waals surface area contributed by atoms with Gasteiger partial charge in [-0.05, 0) is 38.3 Å². The average molecular weight is 233 g/mol. The second-order valence-corrected chi connectivity index (χ2v) is 5.06. The molecule has 2 rings (SSSR count). The molecule has 0 aromatic heterocycles. The number of hydrogen-bond acceptors (Lipinski definition) is 2. The highest BCUT2D eigenvalue weighted by Gasteiger charge is 2.38. The van der Waals surface area contributed by atoms with E-state index in [-0.39, 0.29) is 5.60 Å². The third kappa shape index (κ3) is 2.88. The van der Waals surface area contributed by atoms with Crippen LogP contribution in [0.2, 0.25) is 0 Å². The zero-order valence-corrected chi connectivity index (χ0v) is 10.9. The maximum atomic E-state index is 5.99. The molecule has 1 aliphatic rings. The van der Waals surface area contributed by atoms with Gasteiger partial charge in [0.2, 0.25) is 0 Å². The van der Waals surface area contributed by atoms with Gasteiger partial charge >= 0.3 is 0 Å². The van der Waals surface area contributed by atoms with Crippen molar-refractivity contribution in [2.75, 3.05) is 13.2 Å². The zero-order chi connectivity index (χ0) is 12.1. The Morgan fingerprint density at radius 1 is 1.35 bits per heavy atom. The third-order valence-corrected chi connectivity index (χ3v) is 3.59. The molecule has 1 heterocycles. The van der Waals surface area contributed by atoms with Crippen LogP contribution in [0.4, 0.5) is 0 Å². The molecular weight excluding hydrogens is 210 g/mol. The maximum absolute atomic E-state index is 5.99. The maximum Gasteiger partial charge on any atom is 0.0849 e. The molecule has 2 heteroatoms. The van der Waals surface area contributed by atoms with Gasteiger partial charge in [0.15, 0.2) is 0 Å². The smallest absolute Gasteiger partial charge is 0.0849 e. The van der Waals surface area contributed by atoms with Crippen LogP contribution >= 0.6 is 0 Å². The molecule has 1 N–H and O–H groups in total. The molecule has 0 aliphatic carbocycles. The summed E-state index contributed by atoms with van der Waals surface area (Å²) in [6, 6.07) is 11.0. The van der Waals surface area contributed by atoms with E-state index in [1.807, 2.05) is 0 Å². The van der Waals surface area contributed by atoms with E-state index in [9.17, 15) is 0 Å². The minimum absolute atomic E-state index is 0.0451. The fourth-order valence-electron chi connectivity index (χ4n) is 2.65. The topological polar surface area (TPSA) is 21.3 Å². The van der Waals surface area contributed by atoms with E-state index < -0.39 is 0 Å². The summed E-state index contributed by atoms with van der Waals surface area (Å²) in [6.07, 6.45) is 3.47. The number of hydrogen-bond donors (Lipinski definition) is 1. The van der Waals surface area contributed by atoms with Crippen LogP contribution in [0.5, 0.6) is 0 Å². The van der Waals surface area contributed by atoms with Crippen LogP contribution in [-0.4, -0.2) is 18.8 Å². The van der Waals surface area contributed by atoms with E-state index in [4.69, 9.17) is 4.74 Å². The number of nitrogens with one attached hydrogen (secondary N) is 1. The highest BCUT2D eigenvalue weighted by atomic mass is 16.5. The first-order valence-corrected chi connectivity index (χ1v) is 6.68. The van der Waals surface area contributed by atoms with Gasteiger partial charge in [-0.3, -0.25) is 0 Å². The van der Waals surface area contributed by atoms with Crippen molar-refractivity contribution in [1.82, 2.24) is 5.32 Å². The molecule has 1 aromatic rings. The van der Waals surface area contributed by atoms with Crippen LogP contribution < -0.4 is 5.32 Å². The summed E-state index contributed by atoms with van der Waals surface area (Å²) >= 11 is 0. The lowest BCUT2D eigenvalue weighted by Gasteiger charge is -2.34. The van der Waals surface area contributed by atoms with E-state index in [2.05, 4.69) is 49.5 Å². The average Bonchev–Trinajstić information content (AvgIpc) is 2.79. The fourth-order valence-corrected chi connectivity index (χ4v) is 2.65. The molecule has 0 bridgehead atoms. The van der Waals surface area contributed by atoms with Crippen LogP contribution in [0, 0.1) is 0 Å². The van der Waals surface area contributed by atoms with E-state index >= 15 is 0 Å². The Morgan fingerprint density at radius 3 is 2.71 bits per heavy atom. The fraction of sp³-hybridized carbons (Fsp3) is 0.600. The Hall–Kier alpha value is -0.860. The van der Waals surface area contributed by atoms with E-state index in [1.54, 1.807) is 0 Å². The van der Waals surface area contributed by atoms with Gasteiger partial charge in [0.25, 0.3) is 0 Å². The predicted octanol–water partition coefficient (Wildman–Crippen LogP) is 3.30. The molecule has 0 spiro atoms. The van der Waals surface area contributed by atoms with Crippen LogP contribution in [0.3, 0.4) is 0 Å². The molecule has 1 saturated heterocycles. The summed E-state index contributed by atoms with van der Waals surface area (Å²) in [5.74, 6) is 0. The summed E-state index contributed by atoms with van der Waals surface area (Å²) in [5, 5.41) is 3.64. The van der Waals surface area contributed by atoms with Gasteiger partial charge < -0.3 is 10.1 Å². The molecule has 0 amide bonds. The third-order valence-electron chi connectivity index (χ3n) is 3.59. The van der Waals surface area contributed by atoms with Crippen LogP contribution in [-0.2, 0) is 4.74 Å². The first-order valence-electron chi connectivity index (χ1n) is 6.68. The van der Waals surface area contributed by atoms with Crippen molar-refractivity contribution < 1.29 is 4.74 Å². The van der Waals surface area contributed by atoms with Gasteiger partial charge in [0, 0.05) is 6.61 Å². The van der Waals surface area contributed by atoms with E-state index in [1.165, 1.54) is 12.0 Å². The summed E-state index contributed by atoms with van der Waals surface area (Å²) in [5.41, 5.74) is 1.29. The van der Waals surface area contributed by atoms with Crippen LogP contribution in [0.15, 0.2) is 30.3 Å². The molecule has 0 saturated carbocycles. The first kappa shape index (κ1) is 12.6. The van der Waals surface area contributed by atoms with E-state index in [0.29, 0.717) is 6.04 Å². The van der Waals surface area contributed by atoms with Crippen LogP contribution in [0.25, 0.3) is 0 Å². The lowest BCUT2D eigenvalue weighted by molar-refractivity contribution is -0.0124. The number of benzene rings is 1. The van der Waals surface area contributed by atoms with Crippen molar-refractivity contribution in [2.24, 2.45) is 0 Å². The molecule has 17 heavy (non-hydrogen) atoms. The Morgan fingerprint density at radius 2 is 2.12 bits per heavy atom. The lowest BCUT2D eigenvalue weighted by Crippen LogP contribution is -2.41. The highest BCUT2D eigenvalue weighted by molar-refractivity contribution is 5.22. The van der Waals surface area contributed by atoms with Gasteiger partial charge in [-0.15, -0.1) is 0 Å². The minimum Gasteiger partial charge on any atom is -0.373 e. The Bertz CT molecular complexity index is 330. The van der Waals surface area contributed by atoms with Crippen molar-refractivity contribution in [3.63, 3.8) is 0 Å². The summed E-state index contributed by atoms with van der Waals surface area (Å²) in [4.78, 5) is 0. The van der Waals surface area contributed by atoms with Gasteiger partial charge in [-0.25, -0.2) is 0 Å². The molecular formula is C15H23NO. The van der Waals surface area contributed by atoms with Gasteiger partial charge in [-0.2, -0.15) is 0 Å². The molecule has 2 unspecified atom stereocenters. The Balaban J connectivity index is 2.18. The molecule has 94 valence electrons. The van der Waals surface area contributed by atoms with Crippen molar-refractivity contribution in [2.45, 2.75) is 44.8 Å². The quantitative estimate of drug-likeness (QED) is 0.842. The van der Waals surface area contributed by atoms with E-state index in [0.717, 1.165) is 26.0 Å². The van der Waals surface area contributed by atoms with Crippen molar-refractivity contribution in [3.8, 4) is 0 Å². The number of ether oxygens (including phenoxy) is 1. The highest BCUT2D eigenvalue weighted by Crippen LogP contribution is 2.37. The largest absolute Gasteiger partial charge is 0.373 e. The zero-order valence-electron chi connectivity index (χ0n) is 10.9. The standard InChI is InChI=1S/C15H23NO/c1-3-11-16-14(13-8-5-4-6-9-13)15(2)10-7-12-17-15/h4-6,8-9,14,16H,3,7,10-12H2,1-2H3. The molecule has 2 nitrogen and oxygen atoms in total. The monoisotopic (exact) mass is 233 g/mol. The minimum atomic E-state index is -0.0451. The number of rotatable bonds is 5. The lowest BCUT2D eigenvalue weighted by atomic mass is 9.87. The molecule has 2 atom stereocenters. The molecule has 0 radical (unpaired) electrons.